The molecule has 0 spiro atoms. The summed E-state index contributed by atoms with van der Waals surface area (Å²) in [4.78, 5) is 50.4. The van der Waals surface area contributed by atoms with Crippen LogP contribution in [0.5, 0.6) is 0 Å². The van der Waals surface area contributed by atoms with Gasteiger partial charge in [0, 0.05) is 10.6 Å². The summed E-state index contributed by atoms with van der Waals surface area (Å²) in [5.74, 6) is -1.67. The normalized spacial score (nSPS) is 15.1. The molecule has 4 rings (SSSR count). The molecule has 1 aromatic heterocycles. The van der Waals surface area contributed by atoms with Crippen LogP contribution < -0.4 is 10.2 Å². The van der Waals surface area contributed by atoms with Crippen LogP contribution in [0.4, 0.5) is 10.5 Å². The summed E-state index contributed by atoms with van der Waals surface area (Å²) in [5, 5.41) is 2.57. The largest absolute Gasteiger partial charge is 0.465 e. The topological polar surface area (TPSA) is 106 Å². The van der Waals surface area contributed by atoms with Crippen molar-refractivity contribution in [3.8, 4) is 11.3 Å². The number of imide groups is 2. The summed E-state index contributed by atoms with van der Waals surface area (Å²) in [5.41, 5.74) is 0.750. The minimum absolute atomic E-state index is 0.184. The predicted octanol–water partition coefficient (Wildman–Crippen LogP) is 4.05. The van der Waals surface area contributed by atoms with Crippen molar-refractivity contribution >= 4 is 47.2 Å². The van der Waals surface area contributed by atoms with Crippen molar-refractivity contribution in [2.75, 3.05) is 12.0 Å². The second-order valence-corrected chi connectivity index (χ2v) is 7.11. The van der Waals surface area contributed by atoms with E-state index in [0.717, 1.165) is 4.90 Å². The number of rotatable bonds is 4. The van der Waals surface area contributed by atoms with E-state index in [1.54, 1.807) is 36.4 Å². The van der Waals surface area contributed by atoms with Gasteiger partial charge in [-0.05, 0) is 48.5 Å². The lowest BCUT2D eigenvalue weighted by Gasteiger charge is -2.26. The van der Waals surface area contributed by atoms with Crippen LogP contribution in [0.2, 0.25) is 5.02 Å². The zero-order valence-electron chi connectivity index (χ0n) is 16.6. The third-order valence-corrected chi connectivity index (χ3v) is 4.95. The van der Waals surface area contributed by atoms with Crippen LogP contribution in [0.15, 0.2) is 70.7 Å². The van der Waals surface area contributed by atoms with E-state index in [1.807, 2.05) is 0 Å². The number of carbonyl (C=O) groups is 4. The molecule has 4 amide bonds. The quantitative estimate of drug-likeness (QED) is 0.365. The number of hydrogen-bond acceptors (Lipinski definition) is 6. The monoisotopic (exact) mass is 450 g/mol. The van der Waals surface area contributed by atoms with Gasteiger partial charge in [0.1, 0.15) is 17.1 Å². The van der Waals surface area contributed by atoms with Gasteiger partial charge < -0.3 is 9.15 Å². The molecule has 0 bridgehead atoms. The number of nitrogens with zero attached hydrogens (tertiary/aromatic N) is 1. The fraction of sp³-hybridized carbons (Fsp3) is 0.0435. The van der Waals surface area contributed by atoms with Crippen LogP contribution in [-0.4, -0.2) is 30.9 Å². The third-order valence-electron chi connectivity index (χ3n) is 4.70. The Morgan fingerprint density at radius 3 is 2.47 bits per heavy atom. The highest BCUT2D eigenvalue weighted by Gasteiger charge is 2.37. The molecule has 0 radical (unpaired) electrons. The van der Waals surface area contributed by atoms with Crippen molar-refractivity contribution in [3.63, 3.8) is 0 Å². The molecule has 160 valence electrons. The first-order chi connectivity index (χ1) is 15.4. The molecule has 0 atom stereocenters. The van der Waals surface area contributed by atoms with Gasteiger partial charge in [0.05, 0.1) is 18.4 Å². The summed E-state index contributed by atoms with van der Waals surface area (Å²) < 4.78 is 10.5. The maximum Gasteiger partial charge on any atom is 0.338 e. The highest BCUT2D eigenvalue weighted by atomic mass is 35.5. The molecule has 0 saturated carbocycles. The van der Waals surface area contributed by atoms with E-state index in [-0.39, 0.29) is 17.0 Å². The number of furan rings is 1. The van der Waals surface area contributed by atoms with E-state index in [0.29, 0.717) is 21.9 Å². The van der Waals surface area contributed by atoms with Crippen LogP contribution in [-0.2, 0) is 14.3 Å². The molecule has 2 heterocycles. The van der Waals surface area contributed by atoms with Crippen molar-refractivity contribution in [1.29, 1.82) is 0 Å². The standard InChI is InChI=1S/C23H15ClN2O6/c1-31-22(29)17-5-3-2-4-16(17)19-11-10-15(32-19)12-18-20(27)25-23(30)26(21(18)28)14-8-6-13(24)7-9-14/h2-12H,1H3,(H,25,27,30). The average Bonchev–Trinajstić information content (AvgIpc) is 3.26. The van der Waals surface area contributed by atoms with E-state index >= 15 is 0 Å². The molecule has 1 aliphatic heterocycles. The smallest absolute Gasteiger partial charge is 0.338 e. The van der Waals surface area contributed by atoms with Crippen LogP contribution in [0.3, 0.4) is 0 Å². The third kappa shape index (κ3) is 3.91. The number of methoxy groups -OCH3 is 1. The van der Waals surface area contributed by atoms with Gasteiger partial charge in [-0.15, -0.1) is 0 Å². The van der Waals surface area contributed by atoms with Crippen molar-refractivity contribution in [1.82, 2.24) is 5.32 Å². The van der Waals surface area contributed by atoms with Crippen LogP contribution >= 0.6 is 11.6 Å². The van der Waals surface area contributed by atoms with Gasteiger partial charge in [0.15, 0.2) is 0 Å². The Hall–Kier alpha value is -4.17. The Balaban J connectivity index is 1.69. The maximum absolute atomic E-state index is 12.9. The number of amides is 4. The molecular weight excluding hydrogens is 436 g/mol. The Bertz CT molecular complexity index is 1280. The van der Waals surface area contributed by atoms with Crippen molar-refractivity contribution in [2.24, 2.45) is 0 Å². The van der Waals surface area contributed by atoms with Gasteiger partial charge in [-0.25, -0.2) is 14.5 Å². The second-order valence-electron chi connectivity index (χ2n) is 6.67. The highest BCUT2D eigenvalue weighted by molar-refractivity contribution is 6.39. The van der Waals surface area contributed by atoms with Gasteiger partial charge in [-0.1, -0.05) is 29.8 Å². The number of halogens is 1. The van der Waals surface area contributed by atoms with Gasteiger partial charge in [-0.3, -0.25) is 14.9 Å². The van der Waals surface area contributed by atoms with E-state index in [4.69, 9.17) is 20.8 Å². The lowest BCUT2D eigenvalue weighted by atomic mass is 10.1. The predicted molar refractivity (Wildman–Crippen MR) is 116 cm³/mol. The minimum atomic E-state index is -0.869. The lowest BCUT2D eigenvalue weighted by molar-refractivity contribution is -0.122. The number of urea groups is 1. The van der Waals surface area contributed by atoms with Gasteiger partial charge in [-0.2, -0.15) is 0 Å². The number of anilines is 1. The molecule has 1 saturated heterocycles. The maximum atomic E-state index is 12.9. The number of nitrogens with one attached hydrogen (secondary N) is 1. The molecule has 9 heteroatoms. The number of carbonyl (C=O) groups excluding carboxylic acids is 4. The van der Waals surface area contributed by atoms with Crippen molar-refractivity contribution < 1.29 is 28.3 Å². The van der Waals surface area contributed by atoms with Crippen LogP contribution in [0.25, 0.3) is 17.4 Å². The number of benzene rings is 2. The number of barbiturate groups is 1. The zero-order valence-corrected chi connectivity index (χ0v) is 17.4. The lowest BCUT2D eigenvalue weighted by Crippen LogP contribution is -2.54. The first-order valence-corrected chi connectivity index (χ1v) is 9.71. The summed E-state index contributed by atoms with van der Waals surface area (Å²) in [6.45, 7) is 0. The summed E-state index contributed by atoms with van der Waals surface area (Å²) in [7, 11) is 1.28. The van der Waals surface area contributed by atoms with Gasteiger partial charge >= 0.3 is 12.0 Å². The first-order valence-electron chi connectivity index (χ1n) is 9.33. The van der Waals surface area contributed by atoms with Crippen LogP contribution in [0.1, 0.15) is 16.1 Å². The first kappa shape index (κ1) is 21.1. The summed E-state index contributed by atoms with van der Waals surface area (Å²) in [6, 6.07) is 15.0. The molecule has 1 aliphatic rings. The van der Waals surface area contributed by atoms with Crippen molar-refractivity contribution in [3.05, 3.63) is 82.6 Å². The Morgan fingerprint density at radius 2 is 1.75 bits per heavy atom. The number of hydrogen-bond donors (Lipinski definition) is 1. The zero-order chi connectivity index (χ0) is 22.8. The summed E-state index contributed by atoms with van der Waals surface area (Å²) in [6.07, 6.45) is 1.23. The van der Waals surface area contributed by atoms with E-state index < -0.39 is 23.8 Å². The molecule has 0 unspecified atom stereocenters. The molecular formula is C23H15ClN2O6. The molecule has 1 fully saturated rings. The number of ether oxygens (including phenoxy) is 1. The Morgan fingerprint density at radius 1 is 1.03 bits per heavy atom. The van der Waals surface area contributed by atoms with Crippen LogP contribution in [0, 0.1) is 0 Å². The molecule has 2 aromatic carbocycles. The minimum Gasteiger partial charge on any atom is -0.465 e. The molecule has 3 aromatic rings. The second kappa shape index (κ2) is 8.52. The Labute approximate surface area is 187 Å². The molecule has 0 aliphatic carbocycles. The highest BCUT2D eigenvalue weighted by Crippen LogP contribution is 2.28. The number of esters is 1. The van der Waals surface area contributed by atoms with Crippen molar-refractivity contribution in [2.45, 2.75) is 0 Å². The van der Waals surface area contributed by atoms with Gasteiger partial charge in [0.25, 0.3) is 11.8 Å². The summed E-state index contributed by atoms with van der Waals surface area (Å²) >= 11 is 5.86. The van der Waals surface area contributed by atoms with E-state index in [1.165, 1.54) is 37.5 Å². The fourth-order valence-electron chi connectivity index (χ4n) is 3.19. The van der Waals surface area contributed by atoms with Gasteiger partial charge in [0.2, 0.25) is 0 Å². The fourth-order valence-corrected chi connectivity index (χ4v) is 3.31. The SMILES string of the molecule is COC(=O)c1ccccc1-c1ccc(C=C2C(=O)NC(=O)N(c3ccc(Cl)cc3)C2=O)o1. The molecule has 1 N–H and O–H groups in total. The Kier molecular flexibility index (Phi) is 5.61. The molecule has 8 nitrogen and oxygen atoms in total. The van der Waals surface area contributed by atoms with E-state index in [2.05, 4.69) is 5.32 Å². The molecule has 32 heavy (non-hydrogen) atoms. The average molecular weight is 451 g/mol. The van der Waals surface area contributed by atoms with E-state index in [9.17, 15) is 19.2 Å².